The number of nitrogens with two attached hydrogens (primary N) is 1. The van der Waals surface area contributed by atoms with Gasteiger partial charge in [-0.15, -0.1) is 0 Å². The number of aromatic nitrogens is 1. The van der Waals surface area contributed by atoms with Crippen molar-refractivity contribution in [3.05, 3.63) is 47.4 Å². The van der Waals surface area contributed by atoms with Crippen LogP contribution in [0.4, 0.5) is 15.9 Å². The van der Waals surface area contributed by atoms with Gasteiger partial charge in [0, 0.05) is 6.20 Å². The lowest BCUT2D eigenvalue weighted by molar-refractivity contribution is 0.596. The van der Waals surface area contributed by atoms with Crippen molar-refractivity contribution in [2.75, 3.05) is 10.5 Å². The molecule has 0 atom stereocenters. The van der Waals surface area contributed by atoms with Crippen molar-refractivity contribution in [2.24, 2.45) is 0 Å². The SMILES string of the molecule is Nc1ccc(S(=O)(=O)Nc2ncccc2Cl)cc1F. The van der Waals surface area contributed by atoms with Gasteiger partial charge in [0.15, 0.2) is 5.82 Å². The Morgan fingerprint density at radius 1 is 1.32 bits per heavy atom. The first-order valence-electron chi connectivity index (χ1n) is 5.08. The van der Waals surface area contributed by atoms with Gasteiger partial charge < -0.3 is 5.73 Å². The molecule has 8 heteroatoms. The van der Waals surface area contributed by atoms with Crippen molar-refractivity contribution in [3.8, 4) is 0 Å². The average Bonchev–Trinajstić information content (AvgIpc) is 2.35. The second kappa shape index (κ2) is 5.02. The summed E-state index contributed by atoms with van der Waals surface area (Å²) >= 11 is 5.79. The maximum atomic E-state index is 13.3. The number of nitrogen functional groups attached to an aromatic ring is 1. The number of hydrogen-bond donors (Lipinski definition) is 2. The van der Waals surface area contributed by atoms with Crippen molar-refractivity contribution in [2.45, 2.75) is 4.90 Å². The first-order valence-corrected chi connectivity index (χ1v) is 6.94. The van der Waals surface area contributed by atoms with Crippen molar-refractivity contribution >= 4 is 33.1 Å². The smallest absolute Gasteiger partial charge is 0.263 e. The van der Waals surface area contributed by atoms with Crippen LogP contribution in [0.2, 0.25) is 5.02 Å². The van der Waals surface area contributed by atoms with Crippen molar-refractivity contribution in [3.63, 3.8) is 0 Å². The van der Waals surface area contributed by atoms with E-state index >= 15 is 0 Å². The van der Waals surface area contributed by atoms with Crippen molar-refractivity contribution < 1.29 is 12.8 Å². The van der Waals surface area contributed by atoms with Gasteiger partial charge in [0.05, 0.1) is 15.6 Å². The van der Waals surface area contributed by atoms with Gasteiger partial charge in [-0.05, 0) is 30.3 Å². The van der Waals surface area contributed by atoms with Crippen molar-refractivity contribution in [1.82, 2.24) is 4.98 Å². The number of nitrogens with zero attached hydrogens (tertiary/aromatic N) is 1. The second-order valence-corrected chi connectivity index (χ2v) is 5.71. The summed E-state index contributed by atoms with van der Waals surface area (Å²) in [6.07, 6.45) is 1.38. The second-order valence-electron chi connectivity index (χ2n) is 3.62. The van der Waals surface area contributed by atoms with Crippen LogP contribution in [-0.4, -0.2) is 13.4 Å². The third kappa shape index (κ3) is 2.94. The zero-order chi connectivity index (χ0) is 14.0. The molecule has 0 saturated heterocycles. The van der Waals surface area contributed by atoms with E-state index in [1.807, 2.05) is 0 Å². The number of pyridine rings is 1. The molecular weight excluding hydrogens is 293 g/mol. The van der Waals surface area contributed by atoms with Gasteiger partial charge in [-0.25, -0.2) is 17.8 Å². The van der Waals surface area contributed by atoms with Gasteiger partial charge in [0.2, 0.25) is 0 Å². The zero-order valence-electron chi connectivity index (χ0n) is 9.47. The molecule has 0 fully saturated rings. The Kier molecular flexibility index (Phi) is 3.59. The zero-order valence-corrected chi connectivity index (χ0v) is 11.0. The molecule has 1 aromatic heterocycles. The standard InChI is InChI=1S/C11H9ClFN3O2S/c12-8-2-1-5-15-11(8)16-19(17,18)7-3-4-10(14)9(13)6-7/h1-6H,14H2,(H,15,16). The van der Waals surface area contributed by atoms with Crippen LogP contribution in [-0.2, 0) is 10.0 Å². The highest BCUT2D eigenvalue weighted by Gasteiger charge is 2.17. The number of benzene rings is 1. The number of halogens is 2. The van der Waals surface area contributed by atoms with E-state index in [1.54, 1.807) is 6.07 Å². The number of nitrogens with one attached hydrogen (secondary N) is 1. The molecule has 0 bridgehead atoms. The minimum Gasteiger partial charge on any atom is -0.396 e. The Morgan fingerprint density at radius 3 is 2.68 bits per heavy atom. The van der Waals surface area contributed by atoms with E-state index < -0.39 is 15.8 Å². The Hall–Kier alpha value is -1.86. The normalized spacial score (nSPS) is 11.3. The van der Waals surface area contributed by atoms with Crippen LogP contribution < -0.4 is 10.5 Å². The first kappa shape index (κ1) is 13.6. The third-order valence-electron chi connectivity index (χ3n) is 2.27. The molecular formula is C11H9ClFN3O2S. The fraction of sp³-hybridized carbons (Fsp3) is 0. The molecule has 0 amide bonds. The van der Waals surface area contributed by atoms with Crippen LogP contribution >= 0.6 is 11.6 Å². The number of hydrogen-bond acceptors (Lipinski definition) is 4. The molecule has 0 spiro atoms. The van der Waals surface area contributed by atoms with E-state index in [0.717, 1.165) is 6.07 Å². The van der Waals surface area contributed by atoms with Gasteiger partial charge in [-0.1, -0.05) is 11.6 Å². The van der Waals surface area contributed by atoms with E-state index in [4.69, 9.17) is 17.3 Å². The minimum absolute atomic E-state index is 0.0265. The first-order chi connectivity index (χ1) is 8.90. The van der Waals surface area contributed by atoms with Crippen LogP contribution in [0.5, 0.6) is 0 Å². The lowest BCUT2D eigenvalue weighted by Gasteiger charge is -2.08. The average molecular weight is 302 g/mol. The molecule has 0 unspecified atom stereocenters. The largest absolute Gasteiger partial charge is 0.396 e. The van der Waals surface area contributed by atoms with Crippen LogP contribution in [0.3, 0.4) is 0 Å². The van der Waals surface area contributed by atoms with Gasteiger partial charge in [0.1, 0.15) is 5.82 Å². The molecule has 0 aliphatic carbocycles. The molecule has 5 nitrogen and oxygen atoms in total. The third-order valence-corrected chi connectivity index (χ3v) is 3.91. The van der Waals surface area contributed by atoms with Gasteiger partial charge in [0.25, 0.3) is 10.0 Å². The Balaban J connectivity index is 2.38. The molecule has 3 N–H and O–H groups in total. The maximum Gasteiger partial charge on any atom is 0.263 e. The van der Waals surface area contributed by atoms with Gasteiger partial charge in [-0.3, -0.25) is 4.72 Å². The molecule has 0 saturated carbocycles. The Bertz CT molecular complexity index is 722. The van der Waals surface area contributed by atoms with Gasteiger partial charge in [-0.2, -0.15) is 0 Å². The monoisotopic (exact) mass is 301 g/mol. The summed E-state index contributed by atoms with van der Waals surface area (Å²) in [6, 6.07) is 6.23. The fourth-order valence-corrected chi connectivity index (χ4v) is 2.59. The molecule has 0 radical (unpaired) electrons. The maximum absolute atomic E-state index is 13.3. The molecule has 1 aromatic carbocycles. The summed E-state index contributed by atoms with van der Waals surface area (Å²) in [5.41, 5.74) is 5.16. The highest BCUT2D eigenvalue weighted by Crippen LogP contribution is 2.22. The summed E-state index contributed by atoms with van der Waals surface area (Å²) in [7, 11) is -3.97. The predicted molar refractivity (Wildman–Crippen MR) is 70.9 cm³/mol. The molecule has 0 aliphatic heterocycles. The number of rotatable bonds is 3. The van der Waals surface area contributed by atoms with Crippen LogP contribution in [0, 0.1) is 5.82 Å². The highest BCUT2D eigenvalue weighted by molar-refractivity contribution is 7.92. The summed E-state index contributed by atoms with van der Waals surface area (Å²) in [5.74, 6) is -0.837. The summed E-state index contributed by atoms with van der Waals surface area (Å²) in [5, 5.41) is 0.141. The number of anilines is 2. The molecule has 100 valence electrons. The van der Waals surface area contributed by atoms with Crippen molar-refractivity contribution in [1.29, 1.82) is 0 Å². The van der Waals surface area contributed by atoms with E-state index in [-0.39, 0.29) is 21.4 Å². The van der Waals surface area contributed by atoms with Crippen LogP contribution in [0.1, 0.15) is 0 Å². The molecule has 1 heterocycles. The van der Waals surface area contributed by atoms with E-state index in [1.165, 1.54) is 24.4 Å². The Labute approximate surface area is 114 Å². The summed E-state index contributed by atoms with van der Waals surface area (Å²) in [6.45, 7) is 0. The fourth-order valence-electron chi connectivity index (χ4n) is 1.32. The minimum atomic E-state index is -3.97. The van der Waals surface area contributed by atoms with Crippen LogP contribution in [0.15, 0.2) is 41.4 Å². The molecule has 0 aliphatic rings. The van der Waals surface area contributed by atoms with Gasteiger partial charge >= 0.3 is 0 Å². The van der Waals surface area contributed by atoms with E-state index in [2.05, 4.69) is 9.71 Å². The molecule has 2 rings (SSSR count). The predicted octanol–water partition coefficient (Wildman–Crippen LogP) is 2.26. The Morgan fingerprint density at radius 2 is 2.05 bits per heavy atom. The number of sulfonamides is 1. The summed E-state index contributed by atoms with van der Waals surface area (Å²) in [4.78, 5) is 3.53. The van der Waals surface area contributed by atoms with Crippen LogP contribution in [0.25, 0.3) is 0 Å². The topological polar surface area (TPSA) is 85.1 Å². The quantitative estimate of drug-likeness (QED) is 0.852. The van der Waals surface area contributed by atoms with E-state index in [0.29, 0.717) is 0 Å². The lowest BCUT2D eigenvalue weighted by atomic mass is 10.3. The highest BCUT2D eigenvalue weighted by atomic mass is 35.5. The molecule has 2 aromatic rings. The lowest BCUT2D eigenvalue weighted by Crippen LogP contribution is -2.14. The summed E-state index contributed by atoms with van der Waals surface area (Å²) < 4.78 is 39.4. The van der Waals surface area contributed by atoms with E-state index in [9.17, 15) is 12.8 Å². The molecule has 19 heavy (non-hydrogen) atoms.